The molecule has 26 heavy (non-hydrogen) atoms. The van der Waals surface area contributed by atoms with Gasteiger partial charge in [0.15, 0.2) is 5.78 Å². The molecule has 2 aliphatic rings. The number of ether oxygens (including phenoxy) is 1. The van der Waals surface area contributed by atoms with Gasteiger partial charge in [-0.3, -0.25) is 14.4 Å². The first kappa shape index (κ1) is 18.1. The molecule has 2 N–H and O–H groups in total. The third-order valence-corrected chi connectivity index (χ3v) is 4.68. The summed E-state index contributed by atoms with van der Waals surface area (Å²) in [6.07, 6.45) is 1.40. The molecule has 0 bridgehead atoms. The van der Waals surface area contributed by atoms with Gasteiger partial charge < -0.3 is 20.1 Å². The van der Waals surface area contributed by atoms with Gasteiger partial charge in [0.1, 0.15) is 13.2 Å². The minimum atomic E-state index is -1.12. The number of likely N-dealkylation sites (tertiary alicyclic amines) is 1. The number of nitrogens with one attached hydrogen (secondary N) is 1. The van der Waals surface area contributed by atoms with E-state index in [2.05, 4.69) is 5.32 Å². The van der Waals surface area contributed by atoms with Crippen molar-refractivity contribution in [2.24, 2.45) is 5.92 Å². The Hall–Kier alpha value is -2.74. The lowest BCUT2D eigenvalue weighted by atomic mass is 9.88. The molecule has 138 valence electrons. The zero-order valence-corrected chi connectivity index (χ0v) is 14.2. The van der Waals surface area contributed by atoms with Crippen LogP contribution in [0.4, 0.5) is 5.69 Å². The Bertz CT molecular complexity index is 752. The van der Waals surface area contributed by atoms with Crippen molar-refractivity contribution in [1.29, 1.82) is 0 Å². The van der Waals surface area contributed by atoms with Crippen LogP contribution in [0.3, 0.4) is 0 Å². The molecular weight excluding hydrogens is 340 g/mol. The number of piperidine rings is 1. The molecular formula is C18H20N2O6. The van der Waals surface area contributed by atoms with Crippen molar-refractivity contribution in [3.63, 3.8) is 0 Å². The Kier molecular flexibility index (Phi) is 5.32. The van der Waals surface area contributed by atoms with Crippen molar-refractivity contribution >= 4 is 29.3 Å². The van der Waals surface area contributed by atoms with Gasteiger partial charge in [0.05, 0.1) is 6.42 Å². The quantitative estimate of drug-likeness (QED) is 0.722. The van der Waals surface area contributed by atoms with E-state index < -0.39 is 12.6 Å². The van der Waals surface area contributed by atoms with Crippen LogP contribution < -0.4 is 5.32 Å². The van der Waals surface area contributed by atoms with Crippen molar-refractivity contribution < 1.29 is 29.0 Å². The lowest BCUT2D eigenvalue weighted by Gasteiger charge is -2.31. The average molecular weight is 360 g/mol. The van der Waals surface area contributed by atoms with Gasteiger partial charge in [0, 0.05) is 30.3 Å². The number of carboxylic acids is 1. The van der Waals surface area contributed by atoms with E-state index in [0.717, 1.165) is 11.3 Å². The fourth-order valence-electron chi connectivity index (χ4n) is 3.33. The van der Waals surface area contributed by atoms with Crippen LogP contribution in [0.25, 0.3) is 0 Å². The van der Waals surface area contributed by atoms with Crippen LogP contribution in [0, 0.1) is 5.92 Å². The van der Waals surface area contributed by atoms with Crippen LogP contribution >= 0.6 is 0 Å². The predicted octanol–water partition coefficient (Wildman–Crippen LogP) is 0.704. The Morgan fingerprint density at radius 2 is 1.92 bits per heavy atom. The summed E-state index contributed by atoms with van der Waals surface area (Å²) in [7, 11) is 0. The standard InChI is InChI=1S/C18H20N2O6/c21-15-8-13-7-12(1-2-14(13)19-15)18(25)11-3-5-20(6-4-11)16(22)9-26-10-17(23)24/h1-2,7,11H,3-6,8-10H2,(H,19,21)(H,23,24). The van der Waals surface area contributed by atoms with Gasteiger partial charge in [0.2, 0.25) is 11.8 Å². The number of amides is 2. The second kappa shape index (κ2) is 7.65. The fourth-order valence-corrected chi connectivity index (χ4v) is 3.33. The molecule has 1 fully saturated rings. The molecule has 2 aliphatic heterocycles. The maximum absolute atomic E-state index is 12.7. The highest BCUT2D eigenvalue weighted by molar-refractivity contribution is 6.03. The molecule has 1 saturated heterocycles. The summed E-state index contributed by atoms with van der Waals surface area (Å²) >= 11 is 0. The average Bonchev–Trinajstić information content (AvgIpc) is 3.00. The zero-order valence-electron chi connectivity index (χ0n) is 14.2. The summed E-state index contributed by atoms with van der Waals surface area (Å²) in [4.78, 5) is 48.1. The number of fused-ring (bicyclic) bond motifs is 1. The summed E-state index contributed by atoms with van der Waals surface area (Å²) in [6, 6.07) is 5.25. The normalized spacial score (nSPS) is 16.9. The molecule has 2 amide bonds. The first-order valence-electron chi connectivity index (χ1n) is 8.48. The summed E-state index contributed by atoms with van der Waals surface area (Å²) in [5.41, 5.74) is 2.19. The topological polar surface area (TPSA) is 113 Å². The van der Waals surface area contributed by atoms with Crippen molar-refractivity contribution in [2.45, 2.75) is 19.3 Å². The molecule has 0 aromatic heterocycles. The van der Waals surface area contributed by atoms with Crippen LogP contribution in [0.2, 0.25) is 0 Å². The Labute approximate surface area is 150 Å². The van der Waals surface area contributed by atoms with Crippen molar-refractivity contribution in [2.75, 3.05) is 31.6 Å². The first-order chi connectivity index (χ1) is 12.4. The first-order valence-corrected chi connectivity index (χ1v) is 8.48. The number of carboxylic acid groups (broad SMARTS) is 1. The molecule has 8 heteroatoms. The molecule has 8 nitrogen and oxygen atoms in total. The van der Waals surface area contributed by atoms with Crippen LogP contribution in [-0.2, 0) is 25.5 Å². The fraction of sp³-hybridized carbons (Fsp3) is 0.444. The largest absolute Gasteiger partial charge is 0.480 e. The van der Waals surface area contributed by atoms with Crippen LogP contribution in [0.5, 0.6) is 0 Å². The monoisotopic (exact) mass is 360 g/mol. The highest BCUT2D eigenvalue weighted by Gasteiger charge is 2.29. The molecule has 0 saturated carbocycles. The Morgan fingerprint density at radius 1 is 1.19 bits per heavy atom. The van der Waals surface area contributed by atoms with Gasteiger partial charge in [-0.25, -0.2) is 4.79 Å². The minimum absolute atomic E-state index is 0.0291. The van der Waals surface area contributed by atoms with E-state index in [0.29, 0.717) is 37.9 Å². The number of nitrogens with zero attached hydrogens (tertiary/aromatic N) is 1. The van der Waals surface area contributed by atoms with Gasteiger partial charge in [-0.15, -0.1) is 0 Å². The number of carbonyl (C=O) groups excluding carboxylic acids is 3. The lowest BCUT2D eigenvalue weighted by Crippen LogP contribution is -2.42. The third kappa shape index (κ3) is 4.08. The number of anilines is 1. The Morgan fingerprint density at radius 3 is 2.62 bits per heavy atom. The number of rotatable bonds is 6. The number of hydrogen-bond donors (Lipinski definition) is 2. The molecule has 0 spiro atoms. The molecule has 0 unspecified atom stereocenters. The number of hydrogen-bond acceptors (Lipinski definition) is 5. The van der Waals surface area contributed by atoms with Gasteiger partial charge in [-0.1, -0.05) is 0 Å². The van der Waals surface area contributed by atoms with Crippen molar-refractivity contribution in [3.05, 3.63) is 29.3 Å². The van der Waals surface area contributed by atoms with Gasteiger partial charge in [-0.2, -0.15) is 0 Å². The van der Waals surface area contributed by atoms with E-state index in [4.69, 9.17) is 9.84 Å². The number of benzene rings is 1. The van der Waals surface area contributed by atoms with E-state index in [1.165, 1.54) is 0 Å². The van der Waals surface area contributed by atoms with Crippen molar-refractivity contribution in [3.8, 4) is 0 Å². The van der Waals surface area contributed by atoms with Crippen LogP contribution in [0.15, 0.2) is 18.2 Å². The van der Waals surface area contributed by atoms with Crippen LogP contribution in [0.1, 0.15) is 28.8 Å². The number of Topliss-reactive ketones (excluding diaryl/α,β-unsaturated/α-hetero) is 1. The second-order valence-corrected chi connectivity index (χ2v) is 6.50. The molecule has 0 radical (unpaired) electrons. The summed E-state index contributed by atoms with van der Waals surface area (Å²) in [5.74, 6) is -1.59. The van der Waals surface area contributed by atoms with E-state index in [1.54, 1.807) is 23.1 Å². The Balaban J connectivity index is 1.52. The molecule has 0 atom stereocenters. The second-order valence-electron chi connectivity index (χ2n) is 6.50. The molecule has 1 aromatic carbocycles. The van der Waals surface area contributed by atoms with Crippen molar-refractivity contribution in [1.82, 2.24) is 4.90 Å². The highest BCUT2D eigenvalue weighted by atomic mass is 16.5. The SMILES string of the molecule is O=C(O)COCC(=O)N1CCC(C(=O)c2ccc3c(c2)CC(=O)N3)CC1. The van der Waals surface area contributed by atoms with E-state index in [-0.39, 0.29) is 30.1 Å². The molecule has 3 rings (SSSR count). The summed E-state index contributed by atoms with van der Waals surface area (Å²) < 4.78 is 4.81. The highest BCUT2D eigenvalue weighted by Crippen LogP contribution is 2.27. The number of carbonyl (C=O) groups is 4. The van der Waals surface area contributed by atoms with Gasteiger partial charge in [0.25, 0.3) is 0 Å². The summed E-state index contributed by atoms with van der Waals surface area (Å²) in [6.45, 7) is 0.112. The maximum atomic E-state index is 12.7. The lowest BCUT2D eigenvalue weighted by molar-refractivity contribution is -0.146. The number of aliphatic carboxylic acids is 1. The zero-order chi connectivity index (χ0) is 18.7. The smallest absolute Gasteiger partial charge is 0.329 e. The van der Waals surface area contributed by atoms with Gasteiger partial charge >= 0.3 is 5.97 Å². The minimum Gasteiger partial charge on any atom is -0.480 e. The van der Waals surface area contributed by atoms with Crippen LogP contribution in [-0.4, -0.2) is 59.9 Å². The van der Waals surface area contributed by atoms with E-state index in [9.17, 15) is 19.2 Å². The van der Waals surface area contributed by atoms with E-state index in [1.807, 2.05) is 0 Å². The van der Waals surface area contributed by atoms with E-state index >= 15 is 0 Å². The molecule has 0 aliphatic carbocycles. The van der Waals surface area contributed by atoms with Gasteiger partial charge in [-0.05, 0) is 36.6 Å². The summed E-state index contributed by atoms with van der Waals surface area (Å²) in [5, 5.41) is 11.2. The predicted molar refractivity (Wildman–Crippen MR) is 90.9 cm³/mol. The maximum Gasteiger partial charge on any atom is 0.329 e. The number of ketones is 1. The molecule has 2 heterocycles. The molecule has 1 aromatic rings. The third-order valence-electron chi connectivity index (χ3n) is 4.68.